The predicted molar refractivity (Wildman–Crippen MR) is 114 cm³/mol. The maximum atomic E-state index is 14.6. The zero-order valence-electron chi connectivity index (χ0n) is 17.3. The number of aromatic hydroxyl groups is 1. The molecular formula is C23H23FN4O3. The Morgan fingerprint density at radius 2 is 1.90 bits per heavy atom. The van der Waals surface area contributed by atoms with E-state index in [9.17, 15) is 14.3 Å². The number of hydrogen-bond donors (Lipinski definition) is 1. The molecule has 160 valence electrons. The topological polar surface area (TPSA) is 80.5 Å². The normalized spacial score (nSPS) is 25.1. The number of likely N-dealkylation sites (tertiary alicyclic amines) is 1. The number of nitrogens with zero attached hydrogens (tertiary/aromatic N) is 4. The molecule has 8 heteroatoms. The first kappa shape index (κ1) is 19.7. The summed E-state index contributed by atoms with van der Waals surface area (Å²) in [6.07, 6.45) is 0.967. The number of benzene rings is 1. The lowest BCUT2D eigenvalue weighted by atomic mass is 10.0. The summed E-state index contributed by atoms with van der Waals surface area (Å²) in [5.74, 6) is 0.474. The molecule has 0 unspecified atom stereocenters. The highest BCUT2D eigenvalue weighted by molar-refractivity contribution is 5.74. The summed E-state index contributed by atoms with van der Waals surface area (Å²) >= 11 is 0. The van der Waals surface area contributed by atoms with Gasteiger partial charge >= 0.3 is 0 Å². The summed E-state index contributed by atoms with van der Waals surface area (Å²) in [6, 6.07) is 11.7. The third-order valence-corrected chi connectivity index (χ3v) is 6.39. The first-order valence-corrected chi connectivity index (χ1v) is 10.3. The van der Waals surface area contributed by atoms with Crippen LogP contribution in [0.2, 0.25) is 0 Å². The molecule has 2 fully saturated rings. The fourth-order valence-electron chi connectivity index (χ4n) is 4.64. The first-order valence-electron chi connectivity index (χ1n) is 10.3. The lowest BCUT2D eigenvalue weighted by Gasteiger charge is -2.31. The lowest BCUT2D eigenvalue weighted by molar-refractivity contribution is 0.0220. The molecule has 1 saturated heterocycles. The van der Waals surface area contributed by atoms with E-state index in [0.29, 0.717) is 11.3 Å². The van der Waals surface area contributed by atoms with Crippen molar-refractivity contribution in [3.63, 3.8) is 0 Å². The average Bonchev–Trinajstić information content (AvgIpc) is 3.28. The molecule has 2 aliphatic rings. The van der Waals surface area contributed by atoms with E-state index >= 15 is 0 Å². The van der Waals surface area contributed by atoms with Crippen molar-refractivity contribution in [3.05, 3.63) is 59.0 Å². The highest BCUT2D eigenvalue weighted by Gasteiger charge is 2.52. The van der Waals surface area contributed by atoms with Gasteiger partial charge in [-0.05, 0) is 48.9 Å². The monoisotopic (exact) mass is 422 g/mol. The summed E-state index contributed by atoms with van der Waals surface area (Å²) in [5.41, 5.74) is 2.31. The van der Waals surface area contributed by atoms with Gasteiger partial charge in [-0.25, -0.2) is 4.39 Å². The van der Waals surface area contributed by atoms with Crippen LogP contribution >= 0.6 is 0 Å². The van der Waals surface area contributed by atoms with Crippen molar-refractivity contribution in [2.45, 2.75) is 24.7 Å². The van der Waals surface area contributed by atoms with Gasteiger partial charge in [-0.3, -0.25) is 9.69 Å². The van der Waals surface area contributed by atoms with Crippen LogP contribution in [0.3, 0.4) is 0 Å². The van der Waals surface area contributed by atoms with E-state index < -0.39 is 12.3 Å². The Balaban J connectivity index is 1.34. The van der Waals surface area contributed by atoms with Gasteiger partial charge in [0.05, 0.1) is 5.69 Å². The Labute approximate surface area is 178 Å². The SMILES string of the molecule is CN1C[C@H]2C[C@@H]1[C@@H](F)[C@@H]2Oc1ccc(-c2ccc(-c3ccn(C)c(=O)c3)cc2O)nn1. The molecule has 7 nitrogen and oxygen atoms in total. The minimum atomic E-state index is -1.03. The molecule has 3 aromatic rings. The van der Waals surface area contributed by atoms with Gasteiger partial charge in [0.1, 0.15) is 11.9 Å². The number of phenols is 1. The van der Waals surface area contributed by atoms with Crippen molar-refractivity contribution in [1.29, 1.82) is 0 Å². The van der Waals surface area contributed by atoms with Crippen LogP contribution in [-0.4, -0.2) is 56.7 Å². The second kappa shape index (κ2) is 7.46. The number of piperidine rings is 1. The quantitative estimate of drug-likeness (QED) is 0.696. The van der Waals surface area contributed by atoms with Gasteiger partial charge in [-0.1, -0.05) is 6.07 Å². The molecule has 4 atom stereocenters. The number of hydrogen-bond acceptors (Lipinski definition) is 6. The smallest absolute Gasteiger partial charge is 0.250 e. The van der Waals surface area contributed by atoms with Crippen LogP contribution in [0.5, 0.6) is 11.6 Å². The molecule has 1 aliphatic carbocycles. The number of ether oxygens (including phenoxy) is 1. The van der Waals surface area contributed by atoms with Gasteiger partial charge in [0.25, 0.3) is 5.56 Å². The van der Waals surface area contributed by atoms with Crippen molar-refractivity contribution in [3.8, 4) is 34.0 Å². The lowest BCUT2D eigenvalue weighted by Crippen LogP contribution is -2.46. The Morgan fingerprint density at radius 3 is 2.55 bits per heavy atom. The van der Waals surface area contributed by atoms with Crippen molar-refractivity contribution in [2.24, 2.45) is 13.0 Å². The average molecular weight is 422 g/mol. The molecule has 3 heterocycles. The molecule has 0 spiro atoms. The predicted octanol–water partition coefficient (Wildman–Crippen LogP) is 2.63. The first-order chi connectivity index (χ1) is 14.9. The molecule has 5 rings (SSSR count). The van der Waals surface area contributed by atoms with Crippen molar-refractivity contribution in [2.75, 3.05) is 13.6 Å². The van der Waals surface area contributed by atoms with Crippen molar-refractivity contribution in [1.82, 2.24) is 19.7 Å². The fraction of sp³-hybridized carbons (Fsp3) is 0.348. The molecule has 0 radical (unpaired) electrons. The summed E-state index contributed by atoms with van der Waals surface area (Å²) in [4.78, 5) is 13.9. The van der Waals surface area contributed by atoms with E-state index in [2.05, 4.69) is 10.2 Å². The maximum Gasteiger partial charge on any atom is 0.250 e. The molecule has 2 aromatic heterocycles. The van der Waals surface area contributed by atoms with Crippen LogP contribution in [0.15, 0.2) is 53.5 Å². The van der Waals surface area contributed by atoms with E-state index in [1.807, 2.05) is 24.1 Å². The van der Waals surface area contributed by atoms with Crippen LogP contribution in [-0.2, 0) is 7.05 Å². The van der Waals surface area contributed by atoms with E-state index in [1.54, 1.807) is 37.5 Å². The summed E-state index contributed by atoms with van der Waals surface area (Å²) in [5, 5.41) is 18.8. The highest BCUT2D eigenvalue weighted by Crippen LogP contribution is 2.41. The second-order valence-electron chi connectivity index (χ2n) is 8.38. The maximum absolute atomic E-state index is 14.6. The van der Waals surface area contributed by atoms with Gasteiger partial charge in [-0.2, -0.15) is 0 Å². The number of pyridine rings is 1. The van der Waals surface area contributed by atoms with Crippen LogP contribution in [0, 0.1) is 5.92 Å². The molecule has 1 aliphatic heterocycles. The number of aryl methyl sites for hydroxylation is 1. The van der Waals surface area contributed by atoms with Crippen molar-refractivity contribution < 1.29 is 14.2 Å². The molecule has 1 saturated carbocycles. The van der Waals surface area contributed by atoms with Gasteiger partial charge in [-0.15, -0.1) is 10.2 Å². The van der Waals surface area contributed by atoms with E-state index in [0.717, 1.165) is 24.1 Å². The minimum absolute atomic E-state index is 0.0288. The van der Waals surface area contributed by atoms with Crippen LogP contribution in [0.4, 0.5) is 4.39 Å². The Bertz CT molecular complexity index is 1180. The molecular weight excluding hydrogens is 399 g/mol. The zero-order chi connectivity index (χ0) is 21.7. The number of phenolic OH excluding ortho intramolecular Hbond substituents is 1. The van der Waals surface area contributed by atoms with Gasteiger partial charge in [0.15, 0.2) is 6.17 Å². The number of rotatable bonds is 4. The Hall–Kier alpha value is -3.26. The largest absolute Gasteiger partial charge is 0.507 e. The molecule has 1 aromatic carbocycles. The standard InChI is InChI=1S/C23H23FN4O3/c1-27-8-7-14(11-21(27)30)13-3-4-16(19(29)10-13)17-5-6-20(26-25-17)31-23-15-9-18(22(23)24)28(2)12-15/h3-8,10-11,15,18,22-23,29H,9,12H2,1-2H3/t15-,18-,22-,23-/m1/s1. The highest BCUT2D eigenvalue weighted by atomic mass is 19.1. The molecule has 1 N–H and O–H groups in total. The van der Waals surface area contributed by atoms with Crippen LogP contribution in [0.25, 0.3) is 22.4 Å². The minimum Gasteiger partial charge on any atom is -0.507 e. The second-order valence-corrected chi connectivity index (χ2v) is 8.38. The van der Waals surface area contributed by atoms with Crippen LogP contribution in [0.1, 0.15) is 6.42 Å². The molecule has 31 heavy (non-hydrogen) atoms. The fourth-order valence-corrected chi connectivity index (χ4v) is 4.64. The van der Waals surface area contributed by atoms with Crippen LogP contribution < -0.4 is 10.3 Å². The van der Waals surface area contributed by atoms with Gasteiger partial charge in [0, 0.05) is 49.4 Å². The number of alkyl halides is 1. The zero-order valence-corrected chi connectivity index (χ0v) is 17.3. The third-order valence-electron chi connectivity index (χ3n) is 6.39. The third kappa shape index (κ3) is 3.46. The van der Waals surface area contributed by atoms with E-state index in [4.69, 9.17) is 4.74 Å². The molecule has 0 amide bonds. The Kier molecular flexibility index (Phi) is 4.74. The Morgan fingerprint density at radius 1 is 1.10 bits per heavy atom. The summed E-state index contributed by atoms with van der Waals surface area (Å²) in [6.45, 7) is 0.828. The van der Waals surface area contributed by atoms with Gasteiger partial charge < -0.3 is 14.4 Å². The summed E-state index contributed by atoms with van der Waals surface area (Å²) < 4.78 is 21.9. The van der Waals surface area contributed by atoms with E-state index in [-0.39, 0.29) is 29.1 Å². The van der Waals surface area contributed by atoms with Crippen molar-refractivity contribution >= 4 is 0 Å². The van der Waals surface area contributed by atoms with E-state index in [1.165, 1.54) is 10.6 Å². The molecule has 2 bridgehead atoms. The number of halogens is 1. The number of fused-ring (bicyclic) bond motifs is 2. The summed E-state index contributed by atoms with van der Waals surface area (Å²) in [7, 11) is 3.62. The number of aromatic nitrogens is 3. The van der Waals surface area contributed by atoms with Gasteiger partial charge in [0.2, 0.25) is 5.88 Å².